The fourth-order valence-electron chi connectivity index (χ4n) is 1.85. The lowest BCUT2D eigenvalue weighted by atomic mass is 9.74. The molecule has 0 aliphatic heterocycles. The van der Waals surface area contributed by atoms with Gasteiger partial charge in [-0.1, -0.05) is 27.7 Å². The first-order valence-electron chi connectivity index (χ1n) is 6.70. The molecule has 0 saturated carbocycles. The van der Waals surface area contributed by atoms with Crippen LogP contribution in [0.1, 0.15) is 52.8 Å². The summed E-state index contributed by atoms with van der Waals surface area (Å²) in [6.45, 7) is 10.5. The van der Waals surface area contributed by atoms with E-state index in [9.17, 15) is 5.11 Å². The Morgan fingerprint density at radius 3 is 2.50 bits per heavy atom. The molecular weight excluding hydrogens is 226 g/mol. The average Bonchev–Trinajstić information content (AvgIpc) is 2.74. The van der Waals surface area contributed by atoms with Gasteiger partial charge in [-0.25, -0.2) is 0 Å². The zero-order valence-electron chi connectivity index (χ0n) is 12.3. The molecule has 4 nitrogen and oxygen atoms in total. The van der Waals surface area contributed by atoms with E-state index in [0.29, 0.717) is 12.5 Å². The monoisotopic (exact) mass is 253 g/mol. The number of rotatable bonds is 5. The lowest BCUT2D eigenvalue weighted by Crippen LogP contribution is -2.51. The van der Waals surface area contributed by atoms with Crippen LogP contribution in [0.15, 0.2) is 12.3 Å². The quantitative estimate of drug-likeness (QED) is 0.845. The van der Waals surface area contributed by atoms with E-state index >= 15 is 0 Å². The second-order valence-corrected chi connectivity index (χ2v) is 6.21. The minimum Gasteiger partial charge on any atom is -0.388 e. The van der Waals surface area contributed by atoms with Crippen molar-refractivity contribution in [2.45, 2.75) is 59.1 Å². The van der Waals surface area contributed by atoms with Gasteiger partial charge in [0, 0.05) is 25.2 Å². The van der Waals surface area contributed by atoms with Crippen LogP contribution in [0.4, 0.5) is 0 Å². The molecule has 4 heteroatoms. The molecule has 104 valence electrons. The van der Waals surface area contributed by atoms with Gasteiger partial charge in [-0.3, -0.25) is 4.68 Å². The fourth-order valence-corrected chi connectivity index (χ4v) is 1.85. The summed E-state index contributed by atoms with van der Waals surface area (Å²) in [5.41, 5.74) is 5.47. The number of aromatic nitrogens is 2. The van der Waals surface area contributed by atoms with E-state index in [1.165, 1.54) is 0 Å². The van der Waals surface area contributed by atoms with Crippen molar-refractivity contribution >= 4 is 0 Å². The molecule has 1 aromatic heterocycles. The molecule has 0 amide bonds. The number of hydrogen-bond donors (Lipinski definition) is 2. The summed E-state index contributed by atoms with van der Waals surface area (Å²) in [7, 11) is 0. The topological polar surface area (TPSA) is 64.1 Å². The Hall–Kier alpha value is -0.870. The van der Waals surface area contributed by atoms with Crippen molar-refractivity contribution in [3.05, 3.63) is 18.0 Å². The van der Waals surface area contributed by atoms with E-state index in [0.717, 1.165) is 12.1 Å². The van der Waals surface area contributed by atoms with Crippen molar-refractivity contribution in [2.24, 2.45) is 11.1 Å². The van der Waals surface area contributed by atoms with Gasteiger partial charge >= 0.3 is 0 Å². The summed E-state index contributed by atoms with van der Waals surface area (Å²) in [6, 6.07) is 2.36. The maximum Gasteiger partial charge on any atom is 0.0873 e. The summed E-state index contributed by atoms with van der Waals surface area (Å²) in [5, 5.41) is 15.2. The molecule has 0 aliphatic carbocycles. The van der Waals surface area contributed by atoms with E-state index in [1.807, 2.05) is 37.7 Å². The molecule has 2 atom stereocenters. The van der Waals surface area contributed by atoms with Crippen molar-refractivity contribution in [3.8, 4) is 0 Å². The number of nitrogens with two attached hydrogens (primary N) is 1. The largest absolute Gasteiger partial charge is 0.388 e. The van der Waals surface area contributed by atoms with Gasteiger partial charge in [0.2, 0.25) is 0 Å². The van der Waals surface area contributed by atoms with E-state index in [4.69, 9.17) is 5.73 Å². The minimum absolute atomic E-state index is 0.243. The highest BCUT2D eigenvalue weighted by atomic mass is 16.3. The van der Waals surface area contributed by atoms with Crippen LogP contribution >= 0.6 is 0 Å². The highest BCUT2D eigenvalue weighted by molar-refractivity contribution is 5.08. The van der Waals surface area contributed by atoms with Crippen LogP contribution < -0.4 is 5.73 Å². The maximum absolute atomic E-state index is 10.6. The first kappa shape index (κ1) is 15.2. The molecule has 3 N–H and O–H groups in total. The molecule has 2 unspecified atom stereocenters. The van der Waals surface area contributed by atoms with Crippen molar-refractivity contribution in [1.29, 1.82) is 0 Å². The highest BCUT2D eigenvalue weighted by Crippen LogP contribution is 2.32. The molecule has 18 heavy (non-hydrogen) atoms. The average molecular weight is 253 g/mol. The summed E-state index contributed by atoms with van der Waals surface area (Å²) in [4.78, 5) is 0. The van der Waals surface area contributed by atoms with Crippen LogP contribution in [-0.2, 0) is 6.42 Å². The van der Waals surface area contributed by atoms with Gasteiger partial charge in [0.25, 0.3) is 0 Å². The number of aliphatic hydroxyl groups is 1. The molecule has 1 heterocycles. The van der Waals surface area contributed by atoms with Gasteiger partial charge in [0.1, 0.15) is 0 Å². The lowest BCUT2D eigenvalue weighted by molar-refractivity contribution is -0.0498. The number of hydrogen-bond acceptors (Lipinski definition) is 3. The van der Waals surface area contributed by atoms with Crippen LogP contribution in [0.2, 0.25) is 0 Å². The van der Waals surface area contributed by atoms with Gasteiger partial charge in [0.15, 0.2) is 0 Å². The van der Waals surface area contributed by atoms with Crippen LogP contribution in [-0.4, -0.2) is 27.0 Å². The normalized spacial score (nSPS) is 17.5. The van der Waals surface area contributed by atoms with Gasteiger partial charge in [0.05, 0.1) is 11.3 Å². The van der Waals surface area contributed by atoms with Crippen LogP contribution in [0.5, 0.6) is 0 Å². The highest BCUT2D eigenvalue weighted by Gasteiger charge is 2.39. The Kier molecular flexibility index (Phi) is 4.56. The molecule has 0 saturated heterocycles. The molecule has 0 spiro atoms. The lowest BCUT2D eigenvalue weighted by Gasteiger charge is -2.39. The van der Waals surface area contributed by atoms with Crippen molar-refractivity contribution in [3.63, 3.8) is 0 Å². The zero-order chi connectivity index (χ0) is 14.0. The number of nitrogens with zero attached hydrogens (tertiary/aromatic N) is 2. The standard InChI is InChI=1S/C14H27N3O/c1-6-11(2)17-8-7-12(16-17)9-14(18,10-15)13(3,4)5/h7-8,11,18H,6,9-10,15H2,1-5H3. The predicted molar refractivity (Wildman–Crippen MR) is 74.4 cm³/mol. The fraction of sp³-hybridized carbons (Fsp3) is 0.786. The zero-order valence-corrected chi connectivity index (χ0v) is 12.3. The van der Waals surface area contributed by atoms with E-state index in [1.54, 1.807) is 0 Å². The molecule has 0 aromatic carbocycles. The van der Waals surface area contributed by atoms with E-state index in [2.05, 4.69) is 18.9 Å². The van der Waals surface area contributed by atoms with Crippen LogP contribution in [0, 0.1) is 5.41 Å². The van der Waals surface area contributed by atoms with Crippen molar-refractivity contribution < 1.29 is 5.11 Å². The smallest absolute Gasteiger partial charge is 0.0873 e. The van der Waals surface area contributed by atoms with Crippen LogP contribution in [0.25, 0.3) is 0 Å². The summed E-state index contributed by atoms with van der Waals surface area (Å²) in [5.74, 6) is 0. The first-order valence-corrected chi connectivity index (χ1v) is 6.70. The molecule has 0 fully saturated rings. The third-order valence-corrected chi connectivity index (χ3v) is 3.91. The Morgan fingerprint density at radius 1 is 1.44 bits per heavy atom. The Bertz CT molecular complexity index is 381. The van der Waals surface area contributed by atoms with E-state index < -0.39 is 5.60 Å². The molecule has 1 rings (SSSR count). The van der Waals surface area contributed by atoms with Gasteiger partial charge in [-0.15, -0.1) is 0 Å². The van der Waals surface area contributed by atoms with Crippen molar-refractivity contribution in [1.82, 2.24) is 9.78 Å². The minimum atomic E-state index is -0.915. The van der Waals surface area contributed by atoms with E-state index in [-0.39, 0.29) is 12.0 Å². The third kappa shape index (κ3) is 3.12. The van der Waals surface area contributed by atoms with Crippen LogP contribution in [0.3, 0.4) is 0 Å². The summed E-state index contributed by atoms with van der Waals surface area (Å²) < 4.78 is 1.95. The molecule has 0 aliphatic rings. The summed E-state index contributed by atoms with van der Waals surface area (Å²) in [6.07, 6.45) is 3.51. The molecule has 1 aromatic rings. The Balaban J connectivity index is 2.87. The molecular formula is C14H27N3O. The first-order chi connectivity index (χ1) is 8.23. The maximum atomic E-state index is 10.6. The second-order valence-electron chi connectivity index (χ2n) is 6.21. The van der Waals surface area contributed by atoms with Gasteiger partial charge < -0.3 is 10.8 Å². The predicted octanol–water partition coefficient (Wildman–Crippen LogP) is 2.13. The van der Waals surface area contributed by atoms with Crippen molar-refractivity contribution in [2.75, 3.05) is 6.54 Å². The molecule has 0 radical (unpaired) electrons. The molecule has 0 bridgehead atoms. The van der Waals surface area contributed by atoms with Gasteiger partial charge in [-0.05, 0) is 24.8 Å². The second kappa shape index (κ2) is 5.41. The van der Waals surface area contributed by atoms with Gasteiger partial charge in [-0.2, -0.15) is 5.10 Å². The Morgan fingerprint density at radius 2 is 2.06 bits per heavy atom. The SMILES string of the molecule is CCC(C)n1ccc(CC(O)(CN)C(C)(C)C)n1. The summed E-state index contributed by atoms with van der Waals surface area (Å²) >= 11 is 0. The Labute approximate surface area is 110 Å². The third-order valence-electron chi connectivity index (χ3n) is 3.91.